The molecule has 1 aromatic heterocycles. The summed E-state index contributed by atoms with van der Waals surface area (Å²) in [5.41, 5.74) is 0.368. The Morgan fingerprint density at radius 2 is 2.50 bits per heavy atom. The Hall–Kier alpha value is -1.83. The van der Waals surface area contributed by atoms with Gasteiger partial charge in [-0.3, -0.25) is 9.48 Å². The van der Waals surface area contributed by atoms with Gasteiger partial charge in [0.05, 0.1) is 6.20 Å². The van der Waals surface area contributed by atoms with Gasteiger partial charge in [-0.25, -0.2) is 0 Å². The highest BCUT2D eigenvalue weighted by molar-refractivity contribution is 5.89. The molecule has 0 aromatic carbocycles. The smallest absolute Gasteiger partial charge is 0.222 e. The summed E-state index contributed by atoms with van der Waals surface area (Å²) in [5.74, 6) is 0.222. The zero-order valence-electron chi connectivity index (χ0n) is 6.83. The fraction of sp³-hybridized carbons (Fsp3) is 0.286. The largest absolute Gasteiger partial charge is 0.310 e. The van der Waals surface area contributed by atoms with E-state index in [0.29, 0.717) is 11.4 Å². The van der Waals surface area contributed by atoms with E-state index in [-0.39, 0.29) is 5.91 Å². The van der Waals surface area contributed by atoms with Gasteiger partial charge in [-0.2, -0.15) is 10.4 Å². The maximum atomic E-state index is 10.7. The molecule has 1 amide bonds. The van der Waals surface area contributed by atoms with Crippen LogP contribution in [-0.4, -0.2) is 15.7 Å². The number of nitriles is 1. The minimum atomic E-state index is -0.213. The van der Waals surface area contributed by atoms with Crippen molar-refractivity contribution in [2.45, 2.75) is 6.92 Å². The number of rotatable bonds is 1. The first-order valence-corrected chi connectivity index (χ1v) is 3.35. The van der Waals surface area contributed by atoms with Gasteiger partial charge in [0.1, 0.15) is 17.5 Å². The second kappa shape index (κ2) is 3.05. The number of amides is 1. The van der Waals surface area contributed by atoms with Gasteiger partial charge in [0.15, 0.2) is 0 Å². The first-order chi connectivity index (χ1) is 5.65. The van der Waals surface area contributed by atoms with Crippen LogP contribution < -0.4 is 5.32 Å². The quantitative estimate of drug-likeness (QED) is 0.646. The Morgan fingerprint density at radius 1 is 1.83 bits per heavy atom. The molecule has 1 rings (SSSR count). The lowest BCUT2D eigenvalue weighted by Crippen LogP contribution is -2.10. The minimum Gasteiger partial charge on any atom is -0.310 e. The molecule has 5 nitrogen and oxygen atoms in total. The Kier molecular flexibility index (Phi) is 2.10. The van der Waals surface area contributed by atoms with Crippen molar-refractivity contribution in [1.29, 1.82) is 5.26 Å². The predicted molar refractivity (Wildman–Crippen MR) is 42.2 cm³/mol. The Morgan fingerprint density at radius 3 is 3.00 bits per heavy atom. The monoisotopic (exact) mass is 164 g/mol. The van der Waals surface area contributed by atoms with Crippen molar-refractivity contribution in [2.24, 2.45) is 7.05 Å². The average molecular weight is 164 g/mol. The lowest BCUT2D eigenvalue weighted by molar-refractivity contribution is -0.114. The van der Waals surface area contributed by atoms with Crippen molar-refractivity contribution in [3.8, 4) is 6.07 Å². The van der Waals surface area contributed by atoms with E-state index in [0.717, 1.165) is 0 Å². The molecule has 5 heteroatoms. The Balaban J connectivity index is 3.04. The topological polar surface area (TPSA) is 70.7 Å². The van der Waals surface area contributed by atoms with Crippen molar-refractivity contribution in [2.75, 3.05) is 5.32 Å². The second-order valence-corrected chi connectivity index (χ2v) is 2.32. The van der Waals surface area contributed by atoms with E-state index < -0.39 is 0 Å². The van der Waals surface area contributed by atoms with Crippen molar-refractivity contribution >= 4 is 11.7 Å². The van der Waals surface area contributed by atoms with Gasteiger partial charge in [-0.05, 0) is 0 Å². The van der Waals surface area contributed by atoms with Gasteiger partial charge in [0, 0.05) is 14.0 Å². The van der Waals surface area contributed by atoms with Crippen LogP contribution in [0.5, 0.6) is 0 Å². The molecule has 0 saturated carbocycles. The lowest BCUT2D eigenvalue weighted by atomic mass is 10.3. The average Bonchev–Trinajstić information content (AvgIpc) is 2.32. The number of carbonyl (C=O) groups is 1. The van der Waals surface area contributed by atoms with Crippen molar-refractivity contribution in [3.63, 3.8) is 0 Å². The number of hydrogen-bond acceptors (Lipinski definition) is 3. The summed E-state index contributed by atoms with van der Waals surface area (Å²) in [6, 6.07) is 1.92. The van der Waals surface area contributed by atoms with Gasteiger partial charge < -0.3 is 5.32 Å². The molecule has 0 aliphatic heterocycles. The molecule has 1 N–H and O–H groups in total. The van der Waals surface area contributed by atoms with Gasteiger partial charge in [-0.1, -0.05) is 0 Å². The second-order valence-electron chi connectivity index (χ2n) is 2.32. The summed E-state index contributed by atoms with van der Waals surface area (Å²) in [7, 11) is 1.66. The van der Waals surface area contributed by atoms with E-state index >= 15 is 0 Å². The minimum absolute atomic E-state index is 0.213. The number of hydrogen-bond donors (Lipinski definition) is 1. The van der Waals surface area contributed by atoms with Crippen LogP contribution in [0.4, 0.5) is 5.82 Å². The third-order valence-corrected chi connectivity index (χ3v) is 1.35. The van der Waals surface area contributed by atoms with Crippen LogP contribution in [0, 0.1) is 11.3 Å². The van der Waals surface area contributed by atoms with E-state index in [1.807, 2.05) is 6.07 Å². The third kappa shape index (κ3) is 1.42. The van der Waals surface area contributed by atoms with E-state index in [1.54, 1.807) is 7.05 Å². The molecule has 0 saturated heterocycles. The molecular weight excluding hydrogens is 156 g/mol. The molecule has 0 fully saturated rings. The van der Waals surface area contributed by atoms with E-state index in [4.69, 9.17) is 5.26 Å². The molecule has 0 spiro atoms. The van der Waals surface area contributed by atoms with Crippen LogP contribution in [0.15, 0.2) is 6.20 Å². The van der Waals surface area contributed by atoms with E-state index in [9.17, 15) is 4.79 Å². The normalized spacial score (nSPS) is 9.08. The molecular formula is C7H8N4O. The zero-order chi connectivity index (χ0) is 9.14. The fourth-order valence-corrected chi connectivity index (χ4v) is 0.834. The summed E-state index contributed by atoms with van der Waals surface area (Å²) in [6.45, 7) is 1.38. The van der Waals surface area contributed by atoms with Crippen LogP contribution >= 0.6 is 0 Å². The van der Waals surface area contributed by atoms with Gasteiger partial charge in [0.25, 0.3) is 0 Å². The standard InChI is InChI=1S/C7H8N4O/c1-5(12)10-7-6(3-8)4-9-11(7)2/h4H,1-2H3,(H,10,12). The first-order valence-electron chi connectivity index (χ1n) is 3.35. The number of aryl methyl sites for hydroxylation is 1. The number of anilines is 1. The summed E-state index contributed by atoms with van der Waals surface area (Å²) in [5, 5.41) is 14.9. The molecule has 1 heterocycles. The Bertz CT molecular complexity index is 347. The van der Waals surface area contributed by atoms with Gasteiger partial charge >= 0.3 is 0 Å². The molecule has 0 bridgehead atoms. The van der Waals surface area contributed by atoms with Gasteiger partial charge in [-0.15, -0.1) is 0 Å². The maximum Gasteiger partial charge on any atom is 0.222 e. The molecule has 0 aliphatic rings. The highest BCUT2D eigenvalue weighted by atomic mass is 16.1. The highest BCUT2D eigenvalue weighted by Crippen LogP contribution is 2.11. The van der Waals surface area contributed by atoms with Crippen molar-refractivity contribution < 1.29 is 4.79 Å². The third-order valence-electron chi connectivity index (χ3n) is 1.35. The van der Waals surface area contributed by atoms with E-state index in [2.05, 4.69) is 10.4 Å². The molecule has 0 unspecified atom stereocenters. The highest BCUT2D eigenvalue weighted by Gasteiger charge is 2.07. The van der Waals surface area contributed by atoms with Gasteiger partial charge in [0.2, 0.25) is 5.91 Å². The first kappa shape index (κ1) is 8.27. The van der Waals surface area contributed by atoms with Crippen LogP contribution in [0.2, 0.25) is 0 Å². The molecule has 1 aromatic rings. The molecule has 0 aliphatic carbocycles. The number of nitrogens with zero attached hydrogens (tertiary/aromatic N) is 3. The number of carbonyl (C=O) groups excluding carboxylic acids is 1. The summed E-state index contributed by atoms with van der Waals surface area (Å²) in [4.78, 5) is 10.7. The number of nitrogens with one attached hydrogen (secondary N) is 1. The van der Waals surface area contributed by atoms with Crippen LogP contribution in [0.3, 0.4) is 0 Å². The number of aromatic nitrogens is 2. The Labute approximate surface area is 69.6 Å². The SMILES string of the molecule is CC(=O)Nc1c(C#N)cnn1C. The fourth-order valence-electron chi connectivity index (χ4n) is 0.834. The molecule has 12 heavy (non-hydrogen) atoms. The van der Waals surface area contributed by atoms with Crippen LogP contribution in [0.25, 0.3) is 0 Å². The van der Waals surface area contributed by atoms with Crippen LogP contribution in [0.1, 0.15) is 12.5 Å². The summed E-state index contributed by atoms with van der Waals surface area (Å²) in [6.07, 6.45) is 1.41. The predicted octanol–water partition coefficient (Wildman–Crippen LogP) is 0.250. The molecule has 62 valence electrons. The summed E-state index contributed by atoms with van der Waals surface area (Å²) < 4.78 is 1.44. The molecule has 0 atom stereocenters. The van der Waals surface area contributed by atoms with Crippen molar-refractivity contribution in [1.82, 2.24) is 9.78 Å². The summed E-state index contributed by atoms with van der Waals surface area (Å²) >= 11 is 0. The lowest BCUT2D eigenvalue weighted by Gasteiger charge is -2.01. The van der Waals surface area contributed by atoms with Crippen molar-refractivity contribution in [3.05, 3.63) is 11.8 Å². The maximum absolute atomic E-state index is 10.7. The van der Waals surface area contributed by atoms with E-state index in [1.165, 1.54) is 17.8 Å². The molecule has 0 radical (unpaired) electrons. The zero-order valence-corrected chi connectivity index (χ0v) is 6.83. The van der Waals surface area contributed by atoms with Crippen LogP contribution in [-0.2, 0) is 11.8 Å².